The summed E-state index contributed by atoms with van der Waals surface area (Å²) in [5, 5.41) is 8.67. The Kier molecular flexibility index (Phi) is 2.54. The Morgan fingerprint density at radius 1 is 1.47 bits per heavy atom. The minimum atomic E-state index is -0.791. The van der Waals surface area contributed by atoms with Gasteiger partial charge in [-0.1, -0.05) is 18.2 Å². The van der Waals surface area contributed by atoms with Crippen LogP contribution in [0.2, 0.25) is 0 Å². The molecule has 0 amide bonds. The van der Waals surface area contributed by atoms with E-state index in [1.54, 1.807) is 6.08 Å². The van der Waals surface area contributed by atoms with Crippen LogP contribution in [0, 0.1) is 5.92 Å². The lowest BCUT2D eigenvalue weighted by Gasteiger charge is -2.20. The molecule has 2 aliphatic rings. The molecule has 0 radical (unpaired) electrons. The number of fused-ring (bicyclic) bond motifs is 1. The summed E-state index contributed by atoms with van der Waals surface area (Å²) < 4.78 is 0. The van der Waals surface area contributed by atoms with Gasteiger partial charge in [0.15, 0.2) is 5.78 Å². The SMILES string of the molecule is O=C(O)CC1C=CC2=CC(=O)CCC2=C1. The van der Waals surface area contributed by atoms with Gasteiger partial charge >= 0.3 is 5.97 Å². The third kappa shape index (κ3) is 2.24. The van der Waals surface area contributed by atoms with E-state index in [2.05, 4.69) is 0 Å². The number of carboxylic acid groups (broad SMARTS) is 1. The van der Waals surface area contributed by atoms with Crippen molar-refractivity contribution >= 4 is 11.8 Å². The molecule has 1 unspecified atom stereocenters. The predicted octanol–water partition coefficient (Wildman–Crippen LogP) is 1.86. The lowest BCUT2D eigenvalue weighted by molar-refractivity contribution is -0.137. The molecule has 1 N–H and O–H groups in total. The van der Waals surface area contributed by atoms with E-state index in [9.17, 15) is 9.59 Å². The molecule has 0 spiro atoms. The number of ketones is 1. The molecular weight excluding hydrogens is 192 g/mol. The molecule has 0 fully saturated rings. The van der Waals surface area contributed by atoms with E-state index in [1.807, 2.05) is 18.2 Å². The molecule has 3 nitrogen and oxygen atoms in total. The number of allylic oxidation sites excluding steroid dienone is 6. The van der Waals surface area contributed by atoms with Crippen LogP contribution in [0.5, 0.6) is 0 Å². The van der Waals surface area contributed by atoms with Crippen molar-refractivity contribution in [3.63, 3.8) is 0 Å². The monoisotopic (exact) mass is 204 g/mol. The van der Waals surface area contributed by atoms with Gasteiger partial charge in [0, 0.05) is 12.3 Å². The standard InChI is InChI=1S/C12H12O3/c13-11-4-3-9-5-8(6-12(14)15)1-2-10(9)7-11/h1-2,5,7-8H,3-4,6H2,(H,14,15). The summed E-state index contributed by atoms with van der Waals surface area (Å²) in [6.07, 6.45) is 8.73. The van der Waals surface area contributed by atoms with Gasteiger partial charge in [0.25, 0.3) is 0 Å². The second-order valence-corrected chi connectivity index (χ2v) is 3.88. The first-order valence-corrected chi connectivity index (χ1v) is 5.01. The second kappa shape index (κ2) is 3.85. The average molecular weight is 204 g/mol. The van der Waals surface area contributed by atoms with Gasteiger partial charge < -0.3 is 5.11 Å². The van der Waals surface area contributed by atoms with Crippen molar-refractivity contribution in [1.29, 1.82) is 0 Å². The van der Waals surface area contributed by atoms with Crippen LogP contribution in [-0.2, 0) is 9.59 Å². The Bertz CT molecular complexity index is 399. The maximum atomic E-state index is 11.1. The highest BCUT2D eigenvalue weighted by molar-refractivity contribution is 5.93. The van der Waals surface area contributed by atoms with Crippen LogP contribution in [0.1, 0.15) is 19.3 Å². The lowest BCUT2D eigenvalue weighted by atomic mass is 9.85. The summed E-state index contributed by atoms with van der Waals surface area (Å²) in [7, 11) is 0. The molecule has 0 bridgehead atoms. The van der Waals surface area contributed by atoms with E-state index >= 15 is 0 Å². The van der Waals surface area contributed by atoms with Gasteiger partial charge in [-0.2, -0.15) is 0 Å². The van der Waals surface area contributed by atoms with Crippen LogP contribution in [-0.4, -0.2) is 16.9 Å². The van der Waals surface area contributed by atoms with Crippen molar-refractivity contribution in [3.8, 4) is 0 Å². The molecule has 1 atom stereocenters. The quantitative estimate of drug-likeness (QED) is 0.747. The molecular formula is C12H12O3. The zero-order valence-corrected chi connectivity index (χ0v) is 8.27. The molecule has 2 rings (SSSR count). The second-order valence-electron chi connectivity index (χ2n) is 3.88. The first-order valence-electron chi connectivity index (χ1n) is 5.01. The van der Waals surface area contributed by atoms with Crippen molar-refractivity contribution in [1.82, 2.24) is 0 Å². The Morgan fingerprint density at radius 3 is 3.00 bits per heavy atom. The summed E-state index contributed by atoms with van der Waals surface area (Å²) in [6, 6.07) is 0. The summed E-state index contributed by atoms with van der Waals surface area (Å²) >= 11 is 0. The van der Waals surface area contributed by atoms with Gasteiger partial charge in [0.05, 0.1) is 6.42 Å². The molecule has 0 saturated carbocycles. The average Bonchev–Trinajstić information content (AvgIpc) is 2.17. The van der Waals surface area contributed by atoms with Gasteiger partial charge in [-0.15, -0.1) is 0 Å². The van der Waals surface area contributed by atoms with Crippen LogP contribution < -0.4 is 0 Å². The van der Waals surface area contributed by atoms with Crippen molar-refractivity contribution in [2.45, 2.75) is 19.3 Å². The highest BCUT2D eigenvalue weighted by Gasteiger charge is 2.19. The molecule has 0 aromatic carbocycles. The molecule has 0 aliphatic heterocycles. The number of rotatable bonds is 2. The Balaban J connectivity index is 2.18. The summed E-state index contributed by atoms with van der Waals surface area (Å²) in [6.45, 7) is 0. The van der Waals surface area contributed by atoms with Gasteiger partial charge in [0.1, 0.15) is 0 Å². The molecule has 3 heteroatoms. The van der Waals surface area contributed by atoms with E-state index < -0.39 is 5.97 Å². The normalized spacial score (nSPS) is 24.3. The number of carboxylic acids is 1. The zero-order chi connectivity index (χ0) is 10.8. The van der Waals surface area contributed by atoms with Gasteiger partial charge in [0.2, 0.25) is 0 Å². The molecule has 15 heavy (non-hydrogen) atoms. The smallest absolute Gasteiger partial charge is 0.304 e. The van der Waals surface area contributed by atoms with Crippen LogP contribution >= 0.6 is 0 Å². The predicted molar refractivity (Wildman–Crippen MR) is 55.3 cm³/mol. The third-order valence-corrected chi connectivity index (χ3v) is 2.68. The first kappa shape index (κ1) is 9.90. The summed E-state index contributed by atoms with van der Waals surface area (Å²) in [5.41, 5.74) is 2.07. The summed E-state index contributed by atoms with van der Waals surface area (Å²) in [4.78, 5) is 21.7. The maximum Gasteiger partial charge on any atom is 0.304 e. The number of hydrogen-bond donors (Lipinski definition) is 1. The van der Waals surface area contributed by atoms with E-state index in [4.69, 9.17) is 5.11 Å². The maximum absolute atomic E-state index is 11.1. The number of carbonyl (C=O) groups excluding carboxylic acids is 1. The fourth-order valence-corrected chi connectivity index (χ4v) is 1.95. The van der Waals surface area contributed by atoms with Crippen LogP contribution in [0.4, 0.5) is 0 Å². The number of carbonyl (C=O) groups is 2. The topological polar surface area (TPSA) is 54.4 Å². The Morgan fingerprint density at radius 2 is 2.27 bits per heavy atom. The van der Waals surface area contributed by atoms with E-state index in [0.29, 0.717) is 6.42 Å². The van der Waals surface area contributed by atoms with Crippen LogP contribution in [0.15, 0.2) is 35.5 Å². The third-order valence-electron chi connectivity index (χ3n) is 2.68. The molecule has 0 saturated heterocycles. The fourth-order valence-electron chi connectivity index (χ4n) is 1.95. The van der Waals surface area contributed by atoms with Crippen molar-refractivity contribution in [2.75, 3.05) is 0 Å². The molecule has 2 aliphatic carbocycles. The molecule has 0 aromatic rings. The van der Waals surface area contributed by atoms with E-state index in [-0.39, 0.29) is 18.1 Å². The highest BCUT2D eigenvalue weighted by atomic mass is 16.4. The minimum absolute atomic E-state index is 0.0251. The van der Waals surface area contributed by atoms with Gasteiger partial charge in [-0.25, -0.2) is 0 Å². The molecule has 0 heterocycles. The number of aliphatic carboxylic acids is 1. The molecule has 0 aromatic heterocycles. The van der Waals surface area contributed by atoms with Crippen molar-refractivity contribution in [2.24, 2.45) is 5.92 Å². The minimum Gasteiger partial charge on any atom is -0.481 e. The molecule has 78 valence electrons. The number of hydrogen-bond acceptors (Lipinski definition) is 2. The zero-order valence-electron chi connectivity index (χ0n) is 8.27. The van der Waals surface area contributed by atoms with E-state index in [0.717, 1.165) is 17.6 Å². The summed E-state index contributed by atoms with van der Waals surface area (Å²) in [5.74, 6) is -0.660. The first-order chi connectivity index (χ1) is 7.15. The van der Waals surface area contributed by atoms with E-state index in [1.165, 1.54) is 0 Å². The van der Waals surface area contributed by atoms with Crippen LogP contribution in [0.25, 0.3) is 0 Å². The van der Waals surface area contributed by atoms with Gasteiger partial charge in [-0.05, 0) is 23.6 Å². The lowest BCUT2D eigenvalue weighted by Crippen LogP contribution is -2.11. The van der Waals surface area contributed by atoms with Crippen molar-refractivity contribution in [3.05, 3.63) is 35.5 Å². The van der Waals surface area contributed by atoms with Crippen LogP contribution in [0.3, 0.4) is 0 Å². The van der Waals surface area contributed by atoms with Crippen molar-refractivity contribution < 1.29 is 14.7 Å². The largest absolute Gasteiger partial charge is 0.481 e. The Labute approximate surface area is 87.8 Å². The highest BCUT2D eigenvalue weighted by Crippen LogP contribution is 2.30. The van der Waals surface area contributed by atoms with Gasteiger partial charge in [-0.3, -0.25) is 9.59 Å². The fraction of sp³-hybridized carbons (Fsp3) is 0.333. The Hall–Kier alpha value is -1.64.